The Kier molecular flexibility index (Phi) is 7.17. The third-order valence-corrected chi connectivity index (χ3v) is 4.69. The molecule has 1 heterocycles. The molecule has 0 bridgehead atoms. The molecule has 1 aliphatic rings. The largest absolute Gasteiger partial charge is 0.390 e. The van der Waals surface area contributed by atoms with Crippen LogP contribution in [0.15, 0.2) is 29.8 Å². The quantitative estimate of drug-likeness (QED) is 0.793. The van der Waals surface area contributed by atoms with E-state index in [-0.39, 0.29) is 5.91 Å². The number of carbonyl (C=O) groups is 1. The Morgan fingerprint density at radius 3 is 2.44 bits per heavy atom. The summed E-state index contributed by atoms with van der Waals surface area (Å²) in [6.45, 7) is 8.83. The van der Waals surface area contributed by atoms with E-state index in [1.165, 1.54) is 5.56 Å². The summed E-state index contributed by atoms with van der Waals surface area (Å²) < 4.78 is 0. The number of nitrogens with zero attached hydrogens (tertiary/aromatic N) is 3. The lowest BCUT2D eigenvalue weighted by Crippen LogP contribution is -2.49. The van der Waals surface area contributed by atoms with E-state index in [1.807, 2.05) is 44.2 Å². The highest BCUT2D eigenvalue weighted by atomic mass is 16.3. The molecule has 1 unspecified atom stereocenters. The molecule has 25 heavy (non-hydrogen) atoms. The normalized spacial score (nSPS) is 18.2. The first-order valence-corrected chi connectivity index (χ1v) is 8.94. The van der Waals surface area contributed by atoms with Gasteiger partial charge in [0.2, 0.25) is 5.91 Å². The first-order chi connectivity index (χ1) is 11.8. The first kappa shape index (κ1) is 19.6. The maximum absolute atomic E-state index is 12.5. The Morgan fingerprint density at radius 2 is 1.84 bits per heavy atom. The van der Waals surface area contributed by atoms with Gasteiger partial charge in [0.1, 0.15) is 0 Å². The van der Waals surface area contributed by atoms with E-state index in [0.717, 1.165) is 31.7 Å². The summed E-state index contributed by atoms with van der Waals surface area (Å²) in [5.74, 6) is -0.0435. The van der Waals surface area contributed by atoms with Crippen LogP contribution >= 0.6 is 0 Å². The van der Waals surface area contributed by atoms with Crippen LogP contribution in [0.3, 0.4) is 0 Å². The number of β-amino-alcohol motifs (C(OH)–C–C–N with tert-alkyl or cyclic N) is 1. The van der Waals surface area contributed by atoms with Gasteiger partial charge in [-0.15, -0.1) is 0 Å². The lowest BCUT2D eigenvalue weighted by molar-refractivity contribution is -0.127. The van der Waals surface area contributed by atoms with Crippen LogP contribution in [0.2, 0.25) is 0 Å². The minimum Gasteiger partial charge on any atom is -0.390 e. The smallest absolute Gasteiger partial charge is 0.249 e. The van der Waals surface area contributed by atoms with Gasteiger partial charge in [0.05, 0.1) is 6.10 Å². The Bertz CT molecular complexity index is 589. The van der Waals surface area contributed by atoms with Crippen LogP contribution < -0.4 is 0 Å². The number of aryl methyl sites for hydroxylation is 1. The van der Waals surface area contributed by atoms with Crippen LogP contribution in [-0.4, -0.2) is 85.2 Å². The van der Waals surface area contributed by atoms with Gasteiger partial charge < -0.3 is 14.9 Å². The highest BCUT2D eigenvalue weighted by Crippen LogP contribution is 2.11. The maximum atomic E-state index is 12.5. The molecule has 5 nitrogen and oxygen atoms in total. The third kappa shape index (κ3) is 6.27. The number of carbonyl (C=O) groups excluding carboxylic acids is 1. The molecule has 1 aromatic rings. The summed E-state index contributed by atoms with van der Waals surface area (Å²) in [5, 5.41) is 10.3. The van der Waals surface area contributed by atoms with Crippen LogP contribution in [0.25, 0.3) is 6.08 Å². The molecule has 0 aromatic heterocycles. The Labute approximate surface area is 151 Å². The van der Waals surface area contributed by atoms with Gasteiger partial charge >= 0.3 is 0 Å². The zero-order valence-electron chi connectivity index (χ0n) is 15.9. The molecule has 2 rings (SSSR count). The van der Waals surface area contributed by atoms with E-state index in [4.69, 9.17) is 0 Å². The van der Waals surface area contributed by atoms with Gasteiger partial charge in [0, 0.05) is 51.9 Å². The standard InChI is InChI=1S/C20H31N3O2/c1-16-5-7-18(8-6-16)13-17(2)20(25)22(4)14-19(24)15-23-11-9-21(3)10-12-23/h5-8,13,19,24H,9-12,14-15H2,1-4H3/b17-13+. The highest BCUT2D eigenvalue weighted by molar-refractivity contribution is 5.97. The number of benzene rings is 1. The van der Waals surface area contributed by atoms with Crippen molar-refractivity contribution in [3.63, 3.8) is 0 Å². The molecule has 0 spiro atoms. The molecule has 1 atom stereocenters. The average Bonchev–Trinajstić information content (AvgIpc) is 2.58. The molecule has 1 fully saturated rings. The van der Waals surface area contributed by atoms with Gasteiger partial charge in [-0.2, -0.15) is 0 Å². The maximum Gasteiger partial charge on any atom is 0.249 e. The van der Waals surface area contributed by atoms with E-state index in [9.17, 15) is 9.90 Å². The zero-order chi connectivity index (χ0) is 18.4. The van der Waals surface area contributed by atoms with Gasteiger partial charge in [-0.05, 0) is 32.5 Å². The number of aliphatic hydroxyl groups is 1. The van der Waals surface area contributed by atoms with E-state index < -0.39 is 6.10 Å². The van der Waals surface area contributed by atoms with E-state index in [2.05, 4.69) is 16.8 Å². The molecule has 1 amide bonds. The van der Waals surface area contributed by atoms with E-state index >= 15 is 0 Å². The minimum absolute atomic E-state index is 0.0435. The van der Waals surface area contributed by atoms with Crippen molar-refractivity contribution in [2.75, 3.05) is 53.4 Å². The molecule has 1 N–H and O–H groups in total. The molecular weight excluding hydrogens is 314 g/mol. The predicted octanol–water partition coefficient (Wildman–Crippen LogP) is 1.47. The fraction of sp³-hybridized carbons (Fsp3) is 0.550. The molecule has 0 radical (unpaired) electrons. The summed E-state index contributed by atoms with van der Waals surface area (Å²) in [5.41, 5.74) is 2.89. The van der Waals surface area contributed by atoms with Crippen molar-refractivity contribution in [1.82, 2.24) is 14.7 Å². The first-order valence-electron chi connectivity index (χ1n) is 8.94. The summed E-state index contributed by atoms with van der Waals surface area (Å²) in [4.78, 5) is 18.7. The number of hydrogen-bond acceptors (Lipinski definition) is 4. The monoisotopic (exact) mass is 345 g/mol. The minimum atomic E-state index is -0.524. The highest BCUT2D eigenvalue weighted by Gasteiger charge is 2.20. The van der Waals surface area contributed by atoms with Crippen molar-refractivity contribution in [2.24, 2.45) is 0 Å². The van der Waals surface area contributed by atoms with E-state index in [1.54, 1.807) is 11.9 Å². The Balaban J connectivity index is 1.85. The third-order valence-electron chi connectivity index (χ3n) is 4.69. The average molecular weight is 345 g/mol. The molecule has 1 aromatic carbocycles. The number of hydrogen-bond donors (Lipinski definition) is 1. The summed E-state index contributed by atoms with van der Waals surface area (Å²) in [7, 11) is 3.87. The lowest BCUT2D eigenvalue weighted by atomic mass is 10.1. The number of piperazine rings is 1. The molecule has 5 heteroatoms. The number of likely N-dealkylation sites (N-methyl/N-ethyl adjacent to an activating group) is 2. The van der Waals surface area contributed by atoms with Gasteiger partial charge in [-0.1, -0.05) is 29.8 Å². The Hall–Kier alpha value is -1.69. The topological polar surface area (TPSA) is 47.0 Å². The second-order valence-corrected chi connectivity index (χ2v) is 7.18. The zero-order valence-corrected chi connectivity index (χ0v) is 15.9. The van der Waals surface area contributed by atoms with Crippen LogP contribution in [0.4, 0.5) is 0 Å². The van der Waals surface area contributed by atoms with Crippen molar-refractivity contribution in [2.45, 2.75) is 20.0 Å². The Morgan fingerprint density at radius 1 is 1.24 bits per heavy atom. The summed E-state index contributed by atoms with van der Waals surface area (Å²) >= 11 is 0. The lowest BCUT2D eigenvalue weighted by Gasteiger charge is -2.34. The second kappa shape index (κ2) is 9.13. The molecule has 0 saturated carbocycles. The SMILES string of the molecule is C/C(=C\c1ccc(C)cc1)C(=O)N(C)CC(O)CN1CCN(C)CC1. The molecule has 0 aliphatic carbocycles. The predicted molar refractivity (Wildman–Crippen MR) is 102 cm³/mol. The second-order valence-electron chi connectivity index (χ2n) is 7.18. The summed E-state index contributed by atoms with van der Waals surface area (Å²) in [6, 6.07) is 8.09. The van der Waals surface area contributed by atoms with Gasteiger partial charge in [0.15, 0.2) is 0 Å². The molecular formula is C20H31N3O2. The number of aliphatic hydroxyl groups excluding tert-OH is 1. The molecule has 138 valence electrons. The van der Waals surface area contributed by atoms with Crippen LogP contribution in [-0.2, 0) is 4.79 Å². The number of amides is 1. The molecule has 1 saturated heterocycles. The van der Waals surface area contributed by atoms with Crippen LogP contribution in [0, 0.1) is 6.92 Å². The summed E-state index contributed by atoms with van der Waals surface area (Å²) in [6.07, 6.45) is 1.37. The van der Waals surface area contributed by atoms with Crippen molar-refractivity contribution in [3.8, 4) is 0 Å². The van der Waals surface area contributed by atoms with Crippen LogP contribution in [0.1, 0.15) is 18.1 Å². The van der Waals surface area contributed by atoms with E-state index in [0.29, 0.717) is 18.7 Å². The van der Waals surface area contributed by atoms with Crippen LogP contribution in [0.5, 0.6) is 0 Å². The van der Waals surface area contributed by atoms with Gasteiger partial charge in [0.25, 0.3) is 0 Å². The fourth-order valence-electron chi connectivity index (χ4n) is 3.06. The molecule has 1 aliphatic heterocycles. The van der Waals surface area contributed by atoms with Crippen molar-refractivity contribution in [3.05, 3.63) is 41.0 Å². The van der Waals surface area contributed by atoms with Crippen molar-refractivity contribution in [1.29, 1.82) is 0 Å². The van der Waals surface area contributed by atoms with Crippen molar-refractivity contribution >= 4 is 12.0 Å². The van der Waals surface area contributed by atoms with Gasteiger partial charge in [-0.3, -0.25) is 9.69 Å². The fourth-order valence-corrected chi connectivity index (χ4v) is 3.06. The number of rotatable bonds is 6. The van der Waals surface area contributed by atoms with Crippen molar-refractivity contribution < 1.29 is 9.90 Å². The van der Waals surface area contributed by atoms with Gasteiger partial charge in [-0.25, -0.2) is 0 Å².